The number of carbonyl (C=O) groups excluding carboxylic acids is 1. The van der Waals surface area contributed by atoms with Crippen LogP contribution in [0.5, 0.6) is 0 Å². The quantitative estimate of drug-likeness (QED) is 0.580. The summed E-state index contributed by atoms with van der Waals surface area (Å²) in [5.41, 5.74) is 5.62. The molecule has 2 aliphatic heterocycles. The molecule has 0 bridgehead atoms. The van der Waals surface area contributed by atoms with Crippen LogP contribution in [0.2, 0.25) is 0 Å². The summed E-state index contributed by atoms with van der Waals surface area (Å²) in [5.74, 6) is -0.0176. The number of benzene rings is 2. The topological polar surface area (TPSA) is 35.9 Å². The molecule has 0 atom stereocenters. The lowest BCUT2D eigenvalue weighted by molar-refractivity contribution is -0.121. The molecule has 0 saturated carbocycles. The van der Waals surface area contributed by atoms with Crippen LogP contribution >= 0.6 is 11.8 Å². The summed E-state index contributed by atoms with van der Waals surface area (Å²) in [6, 6.07) is 16.2. The fraction of sp³-hybridized carbons (Fsp3) is 0.280. The monoisotopic (exact) mass is 417 g/mol. The predicted molar refractivity (Wildman–Crippen MR) is 129 cm³/mol. The Morgan fingerprint density at radius 1 is 1.13 bits per heavy atom. The van der Waals surface area contributed by atoms with Gasteiger partial charge in [-0.2, -0.15) is 0 Å². The average molecular weight is 418 g/mol. The number of nitrogens with zero attached hydrogens (tertiary/aromatic N) is 3. The van der Waals surface area contributed by atoms with Crippen molar-refractivity contribution in [1.29, 1.82) is 0 Å². The van der Waals surface area contributed by atoms with Crippen molar-refractivity contribution in [3.63, 3.8) is 0 Å². The van der Waals surface area contributed by atoms with E-state index in [1.165, 1.54) is 28.6 Å². The highest BCUT2D eigenvalue weighted by atomic mass is 32.2. The van der Waals surface area contributed by atoms with Crippen LogP contribution < -0.4 is 4.90 Å². The normalized spacial score (nSPS) is 20.7. The number of thioether (sulfide) groups is 1. The summed E-state index contributed by atoms with van der Waals surface area (Å²) in [6.45, 7) is 9.79. The van der Waals surface area contributed by atoms with Gasteiger partial charge < -0.3 is 4.90 Å². The van der Waals surface area contributed by atoms with Crippen molar-refractivity contribution >= 4 is 45.9 Å². The molecule has 0 radical (unpaired) electrons. The molecule has 1 fully saturated rings. The van der Waals surface area contributed by atoms with Crippen molar-refractivity contribution in [2.75, 3.05) is 18.5 Å². The van der Waals surface area contributed by atoms with Crippen molar-refractivity contribution in [2.24, 2.45) is 4.99 Å². The first kappa shape index (κ1) is 20.5. The Morgan fingerprint density at radius 2 is 1.87 bits per heavy atom. The van der Waals surface area contributed by atoms with Crippen LogP contribution in [0.3, 0.4) is 0 Å². The number of anilines is 1. The summed E-state index contributed by atoms with van der Waals surface area (Å²) in [7, 11) is 1.78. The van der Waals surface area contributed by atoms with Gasteiger partial charge in [-0.1, -0.05) is 30.3 Å². The second-order valence-corrected chi connectivity index (χ2v) is 9.22. The Bertz CT molecular complexity index is 1080. The standard InChI is InChI=1S/C25H27N3OS/c1-6-28-21-13-12-18(14-20(21)17(2)16-25(28,3)4)15-22-23(29)27(5)24(30-22)26-19-10-8-7-9-11-19/h7-16H,6H2,1-5H3/b22-15-,26-24?. The van der Waals surface area contributed by atoms with E-state index in [1.807, 2.05) is 36.4 Å². The molecule has 0 aromatic heterocycles. The van der Waals surface area contributed by atoms with E-state index in [2.05, 4.69) is 61.9 Å². The molecule has 0 N–H and O–H groups in total. The molecule has 2 aromatic carbocycles. The third kappa shape index (κ3) is 3.70. The van der Waals surface area contributed by atoms with Crippen LogP contribution in [0, 0.1) is 0 Å². The lowest BCUT2D eigenvalue weighted by Crippen LogP contribution is -2.44. The van der Waals surface area contributed by atoms with E-state index in [4.69, 9.17) is 0 Å². The third-order valence-electron chi connectivity index (χ3n) is 5.60. The molecule has 1 amide bonds. The lowest BCUT2D eigenvalue weighted by Gasteiger charge is -2.42. The van der Waals surface area contributed by atoms with Gasteiger partial charge in [-0.15, -0.1) is 0 Å². The Morgan fingerprint density at radius 3 is 2.57 bits per heavy atom. The van der Waals surface area contributed by atoms with E-state index in [1.54, 1.807) is 11.9 Å². The lowest BCUT2D eigenvalue weighted by atomic mass is 9.88. The summed E-state index contributed by atoms with van der Waals surface area (Å²) >= 11 is 1.42. The molecule has 4 nitrogen and oxygen atoms in total. The molecule has 4 rings (SSSR count). The fourth-order valence-corrected chi connectivity index (χ4v) is 5.17. The molecule has 154 valence electrons. The highest BCUT2D eigenvalue weighted by Gasteiger charge is 2.32. The van der Waals surface area contributed by atoms with Gasteiger partial charge in [-0.25, -0.2) is 4.99 Å². The highest BCUT2D eigenvalue weighted by molar-refractivity contribution is 8.18. The minimum Gasteiger partial charge on any atom is -0.363 e. The van der Waals surface area contributed by atoms with Gasteiger partial charge in [0.05, 0.1) is 16.1 Å². The number of fused-ring (bicyclic) bond motifs is 1. The zero-order chi connectivity index (χ0) is 21.5. The number of allylic oxidation sites excluding steroid dienone is 1. The zero-order valence-electron chi connectivity index (χ0n) is 18.1. The molecular formula is C25H27N3OS. The smallest absolute Gasteiger partial charge is 0.266 e. The second kappa shape index (κ2) is 7.80. The minimum atomic E-state index is -0.0176. The maximum Gasteiger partial charge on any atom is 0.266 e. The Labute approximate surface area is 183 Å². The minimum absolute atomic E-state index is 0.00536. The fourth-order valence-electron chi connectivity index (χ4n) is 4.18. The molecule has 2 aromatic rings. The number of aliphatic imine (C=N–C) groups is 1. The van der Waals surface area contributed by atoms with Crippen molar-refractivity contribution < 1.29 is 4.79 Å². The Hall–Kier alpha value is -2.79. The van der Waals surface area contributed by atoms with E-state index in [0.717, 1.165) is 17.8 Å². The molecule has 0 aliphatic carbocycles. The van der Waals surface area contributed by atoms with E-state index in [-0.39, 0.29) is 11.4 Å². The zero-order valence-corrected chi connectivity index (χ0v) is 19.0. The van der Waals surface area contributed by atoms with Crippen molar-refractivity contribution in [1.82, 2.24) is 4.90 Å². The number of amides is 1. The summed E-state index contributed by atoms with van der Waals surface area (Å²) in [5, 5.41) is 0.699. The van der Waals surface area contributed by atoms with Crippen LogP contribution in [-0.4, -0.2) is 35.1 Å². The molecule has 0 unspecified atom stereocenters. The van der Waals surface area contributed by atoms with Crippen LogP contribution in [0.25, 0.3) is 11.6 Å². The third-order valence-corrected chi connectivity index (χ3v) is 6.66. The van der Waals surface area contributed by atoms with Crippen LogP contribution in [0.15, 0.2) is 64.5 Å². The van der Waals surface area contributed by atoms with Gasteiger partial charge in [-0.05, 0) is 80.9 Å². The number of rotatable bonds is 3. The number of hydrogen-bond acceptors (Lipinski definition) is 4. The van der Waals surface area contributed by atoms with E-state index < -0.39 is 0 Å². The SMILES string of the molecule is CCN1c2ccc(/C=C3\SC(=Nc4ccccc4)N(C)C3=O)cc2C(C)=CC1(C)C. The van der Waals surface area contributed by atoms with Crippen molar-refractivity contribution in [2.45, 2.75) is 33.2 Å². The first-order chi connectivity index (χ1) is 14.3. The molecular weight excluding hydrogens is 390 g/mol. The molecule has 2 aliphatic rings. The van der Waals surface area contributed by atoms with Gasteiger partial charge in [0, 0.05) is 24.8 Å². The second-order valence-electron chi connectivity index (χ2n) is 8.21. The molecule has 2 heterocycles. The number of carbonyl (C=O) groups is 1. The first-order valence-electron chi connectivity index (χ1n) is 10.2. The van der Waals surface area contributed by atoms with Crippen molar-refractivity contribution in [3.8, 4) is 0 Å². The number of para-hydroxylation sites is 1. The maximum atomic E-state index is 12.8. The predicted octanol–water partition coefficient (Wildman–Crippen LogP) is 5.94. The highest BCUT2D eigenvalue weighted by Crippen LogP contribution is 2.40. The first-order valence-corrected chi connectivity index (χ1v) is 11.0. The molecule has 30 heavy (non-hydrogen) atoms. The largest absolute Gasteiger partial charge is 0.363 e. The van der Waals surface area contributed by atoms with Crippen molar-refractivity contribution in [3.05, 3.63) is 70.6 Å². The summed E-state index contributed by atoms with van der Waals surface area (Å²) in [6.07, 6.45) is 4.30. The summed E-state index contributed by atoms with van der Waals surface area (Å²) in [4.78, 5) is 22.1. The Kier molecular flexibility index (Phi) is 5.33. The molecule has 0 spiro atoms. The van der Waals surface area contributed by atoms with Gasteiger partial charge in [0.15, 0.2) is 5.17 Å². The average Bonchev–Trinajstić information content (AvgIpc) is 2.97. The van der Waals surface area contributed by atoms with Gasteiger partial charge in [0.25, 0.3) is 5.91 Å². The van der Waals surface area contributed by atoms with E-state index >= 15 is 0 Å². The van der Waals surface area contributed by atoms with Gasteiger partial charge >= 0.3 is 0 Å². The van der Waals surface area contributed by atoms with Crippen LogP contribution in [0.4, 0.5) is 11.4 Å². The van der Waals surface area contributed by atoms with E-state index in [0.29, 0.717) is 10.1 Å². The number of hydrogen-bond donors (Lipinski definition) is 0. The number of likely N-dealkylation sites (N-methyl/N-ethyl adjacent to an activating group) is 2. The van der Waals surface area contributed by atoms with Crippen LogP contribution in [0.1, 0.15) is 38.8 Å². The maximum absolute atomic E-state index is 12.8. The summed E-state index contributed by atoms with van der Waals surface area (Å²) < 4.78 is 0. The van der Waals surface area contributed by atoms with Gasteiger partial charge in [0.2, 0.25) is 0 Å². The van der Waals surface area contributed by atoms with Crippen LogP contribution in [-0.2, 0) is 4.79 Å². The molecule has 5 heteroatoms. The van der Waals surface area contributed by atoms with Gasteiger partial charge in [0.1, 0.15) is 0 Å². The van der Waals surface area contributed by atoms with Gasteiger partial charge in [-0.3, -0.25) is 9.69 Å². The van der Waals surface area contributed by atoms with E-state index in [9.17, 15) is 4.79 Å². The number of amidine groups is 1. The Balaban J connectivity index is 1.67. The molecule has 1 saturated heterocycles.